The zero-order chi connectivity index (χ0) is 13.1. The van der Waals surface area contributed by atoms with Gasteiger partial charge in [-0.1, -0.05) is 6.92 Å². The van der Waals surface area contributed by atoms with Gasteiger partial charge in [0.05, 0.1) is 11.4 Å². The van der Waals surface area contributed by atoms with Crippen LogP contribution in [0.3, 0.4) is 0 Å². The van der Waals surface area contributed by atoms with Crippen LogP contribution in [0.25, 0.3) is 0 Å². The third-order valence-corrected chi connectivity index (χ3v) is 4.12. The Morgan fingerprint density at radius 2 is 2.33 bits per heavy atom. The first-order valence-corrected chi connectivity index (χ1v) is 6.62. The lowest BCUT2D eigenvalue weighted by Gasteiger charge is -2.14. The number of aromatic amines is 1. The number of hydrogen-bond donors (Lipinski definition) is 1. The van der Waals surface area contributed by atoms with Crippen molar-refractivity contribution in [2.24, 2.45) is 0 Å². The number of aryl methyl sites for hydroxylation is 2. The molecule has 6 heteroatoms. The summed E-state index contributed by atoms with van der Waals surface area (Å²) in [6, 6.07) is 1.96. The van der Waals surface area contributed by atoms with Crippen LogP contribution < -0.4 is 0 Å². The molecule has 5 nitrogen and oxygen atoms in total. The average molecular weight is 264 g/mol. The highest BCUT2D eigenvalue weighted by molar-refractivity contribution is 7.14. The minimum atomic E-state index is 0.0270. The van der Waals surface area contributed by atoms with Crippen LogP contribution >= 0.6 is 11.3 Å². The molecule has 0 fully saturated rings. The summed E-state index contributed by atoms with van der Waals surface area (Å²) in [5.41, 5.74) is 1.19. The maximum atomic E-state index is 12.2. The first kappa shape index (κ1) is 12.8. The summed E-state index contributed by atoms with van der Waals surface area (Å²) in [5, 5.41) is 6.52. The van der Waals surface area contributed by atoms with Gasteiger partial charge in [-0.3, -0.25) is 9.89 Å². The van der Waals surface area contributed by atoms with E-state index < -0.39 is 0 Å². The fourth-order valence-electron chi connectivity index (χ4n) is 1.77. The molecule has 0 saturated carbocycles. The number of hydrogen-bond acceptors (Lipinski definition) is 4. The van der Waals surface area contributed by atoms with Crippen molar-refractivity contribution >= 4 is 17.2 Å². The zero-order valence-corrected chi connectivity index (χ0v) is 11.5. The highest BCUT2D eigenvalue weighted by atomic mass is 32.1. The SMILES string of the molecule is CCc1sc(C(=O)N(C)Cc2ncn[nH]2)cc1C. The second-order valence-corrected chi connectivity index (χ2v) is 5.30. The molecule has 1 amide bonds. The van der Waals surface area contributed by atoms with Gasteiger partial charge in [0.25, 0.3) is 5.91 Å². The predicted octanol–water partition coefficient (Wildman–Crippen LogP) is 2.01. The third kappa shape index (κ3) is 2.59. The quantitative estimate of drug-likeness (QED) is 0.918. The van der Waals surface area contributed by atoms with Crippen LogP contribution in [0.2, 0.25) is 0 Å². The molecule has 18 heavy (non-hydrogen) atoms. The Labute approximate surface area is 110 Å². The molecule has 0 spiro atoms. The number of aromatic nitrogens is 3. The number of thiophene rings is 1. The van der Waals surface area contributed by atoms with E-state index in [-0.39, 0.29) is 5.91 Å². The third-order valence-electron chi connectivity index (χ3n) is 2.75. The van der Waals surface area contributed by atoms with E-state index >= 15 is 0 Å². The van der Waals surface area contributed by atoms with Crippen LogP contribution in [0.15, 0.2) is 12.4 Å². The van der Waals surface area contributed by atoms with Gasteiger partial charge < -0.3 is 4.90 Å². The Kier molecular flexibility index (Phi) is 3.76. The Balaban J connectivity index is 2.10. The summed E-state index contributed by atoms with van der Waals surface area (Å²) in [6.45, 7) is 4.59. The van der Waals surface area contributed by atoms with E-state index in [0.717, 1.165) is 11.3 Å². The van der Waals surface area contributed by atoms with E-state index in [1.165, 1.54) is 16.8 Å². The molecule has 0 atom stereocenters. The van der Waals surface area contributed by atoms with Gasteiger partial charge >= 0.3 is 0 Å². The predicted molar refractivity (Wildman–Crippen MR) is 70.6 cm³/mol. The molecule has 2 rings (SSSR count). The van der Waals surface area contributed by atoms with Crippen LogP contribution in [0.1, 0.15) is 32.9 Å². The summed E-state index contributed by atoms with van der Waals surface area (Å²) in [7, 11) is 1.77. The largest absolute Gasteiger partial charge is 0.333 e. The van der Waals surface area contributed by atoms with E-state index in [1.807, 2.05) is 13.0 Å². The lowest BCUT2D eigenvalue weighted by atomic mass is 10.2. The molecule has 0 saturated heterocycles. The molecule has 1 N–H and O–H groups in total. The number of carbonyl (C=O) groups excluding carboxylic acids is 1. The smallest absolute Gasteiger partial charge is 0.264 e. The molecular formula is C12H16N4OS. The summed E-state index contributed by atoms with van der Waals surface area (Å²) in [5.74, 6) is 0.717. The maximum Gasteiger partial charge on any atom is 0.264 e. The Morgan fingerprint density at radius 3 is 2.89 bits per heavy atom. The highest BCUT2D eigenvalue weighted by Crippen LogP contribution is 2.23. The fraction of sp³-hybridized carbons (Fsp3) is 0.417. The van der Waals surface area contributed by atoms with Crippen molar-refractivity contribution in [1.29, 1.82) is 0 Å². The van der Waals surface area contributed by atoms with Crippen molar-refractivity contribution in [2.75, 3.05) is 7.05 Å². The topological polar surface area (TPSA) is 61.9 Å². The maximum absolute atomic E-state index is 12.2. The number of amides is 1. The van der Waals surface area contributed by atoms with Gasteiger partial charge in [0.2, 0.25) is 0 Å². The highest BCUT2D eigenvalue weighted by Gasteiger charge is 2.16. The average Bonchev–Trinajstić information content (AvgIpc) is 2.97. The van der Waals surface area contributed by atoms with Crippen LogP contribution in [0.5, 0.6) is 0 Å². The van der Waals surface area contributed by atoms with Crippen molar-refractivity contribution in [3.63, 3.8) is 0 Å². The molecule has 2 aromatic rings. The summed E-state index contributed by atoms with van der Waals surface area (Å²) >= 11 is 1.57. The fourth-order valence-corrected chi connectivity index (χ4v) is 2.88. The van der Waals surface area contributed by atoms with Crippen molar-refractivity contribution in [1.82, 2.24) is 20.1 Å². The van der Waals surface area contributed by atoms with Crippen molar-refractivity contribution in [2.45, 2.75) is 26.8 Å². The molecule has 2 heterocycles. The Morgan fingerprint density at radius 1 is 1.56 bits per heavy atom. The summed E-state index contributed by atoms with van der Waals surface area (Å²) in [4.78, 5) is 19.9. The molecule has 0 aliphatic heterocycles. The van der Waals surface area contributed by atoms with E-state index in [9.17, 15) is 4.79 Å². The second kappa shape index (κ2) is 5.30. The number of H-pyrrole nitrogens is 1. The molecule has 0 aromatic carbocycles. The molecule has 0 bridgehead atoms. The Hall–Kier alpha value is -1.69. The van der Waals surface area contributed by atoms with Crippen LogP contribution in [-0.4, -0.2) is 33.0 Å². The summed E-state index contributed by atoms with van der Waals surface area (Å²) in [6.07, 6.45) is 2.41. The molecule has 0 aliphatic rings. The summed E-state index contributed by atoms with van der Waals surface area (Å²) < 4.78 is 0. The van der Waals surface area contributed by atoms with Crippen LogP contribution in [-0.2, 0) is 13.0 Å². The van der Waals surface area contributed by atoms with Gasteiger partial charge in [0.15, 0.2) is 0 Å². The molecule has 0 unspecified atom stereocenters. The van der Waals surface area contributed by atoms with Gasteiger partial charge in [-0.2, -0.15) is 5.10 Å². The minimum absolute atomic E-state index is 0.0270. The first-order chi connectivity index (χ1) is 8.61. The van der Waals surface area contributed by atoms with Gasteiger partial charge in [-0.25, -0.2) is 4.98 Å². The Bertz CT molecular complexity index is 532. The number of nitrogens with zero attached hydrogens (tertiary/aromatic N) is 3. The first-order valence-electron chi connectivity index (χ1n) is 5.80. The van der Waals surface area contributed by atoms with Gasteiger partial charge in [0, 0.05) is 11.9 Å². The normalized spacial score (nSPS) is 10.6. The number of nitrogens with one attached hydrogen (secondary N) is 1. The molecular weight excluding hydrogens is 248 g/mol. The van der Waals surface area contributed by atoms with E-state index in [0.29, 0.717) is 12.4 Å². The molecule has 2 aromatic heterocycles. The zero-order valence-electron chi connectivity index (χ0n) is 10.7. The van der Waals surface area contributed by atoms with Gasteiger partial charge in [-0.15, -0.1) is 11.3 Å². The van der Waals surface area contributed by atoms with Crippen molar-refractivity contribution in [3.05, 3.63) is 33.5 Å². The molecule has 0 aliphatic carbocycles. The number of carbonyl (C=O) groups is 1. The van der Waals surface area contributed by atoms with Gasteiger partial charge in [0.1, 0.15) is 12.2 Å². The molecule has 0 radical (unpaired) electrons. The van der Waals surface area contributed by atoms with Crippen LogP contribution in [0, 0.1) is 6.92 Å². The minimum Gasteiger partial charge on any atom is -0.333 e. The lowest BCUT2D eigenvalue weighted by Crippen LogP contribution is -2.26. The van der Waals surface area contributed by atoms with E-state index in [4.69, 9.17) is 0 Å². The lowest BCUT2D eigenvalue weighted by molar-refractivity contribution is 0.0786. The van der Waals surface area contributed by atoms with E-state index in [1.54, 1.807) is 23.3 Å². The van der Waals surface area contributed by atoms with Crippen molar-refractivity contribution < 1.29 is 4.79 Å². The standard InChI is InChI=1S/C12H16N4OS/c1-4-9-8(2)5-10(18-9)12(17)16(3)6-11-13-7-14-15-11/h5,7H,4,6H2,1-3H3,(H,13,14,15). The number of rotatable bonds is 4. The van der Waals surface area contributed by atoms with Crippen molar-refractivity contribution in [3.8, 4) is 0 Å². The van der Waals surface area contributed by atoms with Gasteiger partial charge in [-0.05, 0) is 25.0 Å². The van der Waals surface area contributed by atoms with E-state index in [2.05, 4.69) is 22.1 Å². The monoisotopic (exact) mass is 264 g/mol. The molecule has 96 valence electrons. The second-order valence-electron chi connectivity index (χ2n) is 4.16. The van der Waals surface area contributed by atoms with Crippen LogP contribution in [0.4, 0.5) is 0 Å².